The van der Waals surface area contributed by atoms with Crippen molar-refractivity contribution in [3.05, 3.63) is 92.0 Å². The second kappa shape index (κ2) is 11.6. The minimum atomic E-state index is -0.867. The molecule has 8 heteroatoms. The zero-order chi connectivity index (χ0) is 30.2. The SMILES string of the molecule is CC(C)(C)c1cc(CCc2cc(F)cc(F)c2NC(=O)NC(C)(C)c2ccc(Cl)c(Cl)c2)cc(C(C)(C)C)c1O. The van der Waals surface area contributed by atoms with Gasteiger partial charge in [0.2, 0.25) is 0 Å². The first-order chi connectivity index (χ1) is 18.3. The molecule has 4 nitrogen and oxygen atoms in total. The molecule has 0 aromatic heterocycles. The van der Waals surface area contributed by atoms with Gasteiger partial charge in [-0.2, -0.15) is 0 Å². The summed E-state index contributed by atoms with van der Waals surface area (Å²) in [6.07, 6.45) is 0.707. The number of amides is 2. The van der Waals surface area contributed by atoms with Crippen LogP contribution in [0.3, 0.4) is 0 Å². The van der Waals surface area contributed by atoms with Crippen LogP contribution in [0.15, 0.2) is 42.5 Å². The molecular weight excluding hydrogens is 553 g/mol. The van der Waals surface area contributed by atoms with Gasteiger partial charge >= 0.3 is 6.03 Å². The number of hydrogen-bond acceptors (Lipinski definition) is 2. The number of aryl methyl sites for hydroxylation is 2. The van der Waals surface area contributed by atoms with E-state index in [0.29, 0.717) is 27.6 Å². The molecule has 3 N–H and O–H groups in total. The van der Waals surface area contributed by atoms with Crippen molar-refractivity contribution in [1.29, 1.82) is 0 Å². The van der Waals surface area contributed by atoms with Crippen molar-refractivity contribution in [2.24, 2.45) is 0 Å². The summed E-state index contributed by atoms with van der Waals surface area (Å²) in [5.41, 5.74) is 1.99. The molecule has 2 amide bonds. The first-order valence-corrected chi connectivity index (χ1v) is 13.9. The maximum Gasteiger partial charge on any atom is 0.320 e. The first kappa shape index (κ1) is 31.7. The number of urea groups is 1. The lowest BCUT2D eigenvalue weighted by Gasteiger charge is -2.28. The number of carbonyl (C=O) groups excluding carboxylic acids is 1. The zero-order valence-corrected chi connectivity index (χ0v) is 25.8. The number of nitrogens with one attached hydrogen (secondary N) is 2. The Kier molecular flexibility index (Phi) is 9.17. The smallest absolute Gasteiger partial charge is 0.320 e. The van der Waals surface area contributed by atoms with E-state index in [1.807, 2.05) is 53.7 Å². The Morgan fingerprint density at radius 3 is 1.93 bits per heavy atom. The number of anilines is 1. The normalized spacial score (nSPS) is 12.4. The summed E-state index contributed by atoms with van der Waals surface area (Å²) in [4.78, 5) is 13.0. The predicted molar refractivity (Wildman–Crippen MR) is 161 cm³/mol. The third-order valence-corrected chi connectivity index (χ3v) is 7.65. The summed E-state index contributed by atoms with van der Waals surface area (Å²) in [6, 6.07) is 10.3. The Balaban J connectivity index is 1.89. The molecule has 3 aromatic carbocycles. The van der Waals surface area contributed by atoms with E-state index in [1.54, 1.807) is 32.0 Å². The van der Waals surface area contributed by atoms with Crippen molar-refractivity contribution in [2.75, 3.05) is 5.32 Å². The average molecular weight is 592 g/mol. The van der Waals surface area contributed by atoms with Crippen molar-refractivity contribution in [2.45, 2.75) is 84.6 Å². The van der Waals surface area contributed by atoms with Crippen LogP contribution in [0.1, 0.15) is 83.2 Å². The molecule has 40 heavy (non-hydrogen) atoms. The fourth-order valence-corrected chi connectivity index (χ4v) is 4.91. The fraction of sp³-hybridized carbons (Fsp3) is 0.406. The molecule has 3 rings (SSSR count). The highest BCUT2D eigenvalue weighted by Crippen LogP contribution is 2.40. The quantitative estimate of drug-likeness (QED) is 0.268. The molecule has 0 bridgehead atoms. The number of hydrogen-bond donors (Lipinski definition) is 3. The average Bonchev–Trinajstić information content (AvgIpc) is 2.80. The van der Waals surface area contributed by atoms with E-state index < -0.39 is 23.2 Å². The van der Waals surface area contributed by atoms with E-state index >= 15 is 0 Å². The summed E-state index contributed by atoms with van der Waals surface area (Å²) in [6.45, 7) is 15.7. The Labute approximate surface area is 246 Å². The molecular formula is C32H38Cl2F2N2O2. The van der Waals surface area contributed by atoms with Crippen LogP contribution >= 0.6 is 23.2 Å². The van der Waals surface area contributed by atoms with Gasteiger partial charge in [0.05, 0.1) is 21.3 Å². The van der Waals surface area contributed by atoms with E-state index in [4.69, 9.17) is 23.2 Å². The van der Waals surface area contributed by atoms with Gasteiger partial charge in [-0.1, -0.05) is 82.9 Å². The molecule has 0 aliphatic heterocycles. The van der Waals surface area contributed by atoms with Crippen LogP contribution in [0.4, 0.5) is 19.3 Å². The molecule has 0 heterocycles. The zero-order valence-electron chi connectivity index (χ0n) is 24.3. The fourth-order valence-electron chi connectivity index (χ4n) is 4.61. The van der Waals surface area contributed by atoms with Gasteiger partial charge in [-0.05, 0) is 83.5 Å². The van der Waals surface area contributed by atoms with Crippen LogP contribution in [-0.4, -0.2) is 11.1 Å². The Morgan fingerprint density at radius 2 is 1.40 bits per heavy atom. The van der Waals surface area contributed by atoms with Gasteiger partial charge in [0.25, 0.3) is 0 Å². The standard InChI is InChI=1S/C32H38Cl2F2N2O2/c1-30(2,3)22-13-18(14-23(28(22)39)31(4,5)6)9-10-19-15-21(35)17-26(36)27(19)37-29(40)38-32(7,8)20-11-12-24(33)25(34)16-20/h11-17,39H,9-10H2,1-8H3,(H2,37,38,40). The molecule has 0 saturated carbocycles. The minimum Gasteiger partial charge on any atom is -0.507 e. The largest absolute Gasteiger partial charge is 0.507 e. The minimum absolute atomic E-state index is 0.0882. The molecule has 0 atom stereocenters. The van der Waals surface area contributed by atoms with Gasteiger partial charge in [0.1, 0.15) is 17.4 Å². The Morgan fingerprint density at radius 1 is 0.825 bits per heavy atom. The highest BCUT2D eigenvalue weighted by molar-refractivity contribution is 6.42. The molecule has 0 aliphatic rings. The molecule has 0 saturated heterocycles. The highest BCUT2D eigenvalue weighted by atomic mass is 35.5. The van der Waals surface area contributed by atoms with Crippen LogP contribution in [0.5, 0.6) is 5.75 Å². The molecule has 0 spiro atoms. The Bertz CT molecular complexity index is 1390. The number of carbonyl (C=O) groups is 1. The predicted octanol–water partition coefficient (Wildman–Crippen LogP) is 9.41. The Hall–Kier alpha value is -2.83. The van der Waals surface area contributed by atoms with E-state index in [1.165, 1.54) is 6.07 Å². The lowest BCUT2D eigenvalue weighted by atomic mass is 9.78. The van der Waals surface area contributed by atoms with E-state index in [2.05, 4.69) is 10.6 Å². The van der Waals surface area contributed by atoms with Crippen LogP contribution in [0.2, 0.25) is 10.0 Å². The monoisotopic (exact) mass is 590 g/mol. The highest BCUT2D eigenvalue weighted by Gasteiger charge is 2.27. The molecule has 216 valence electrons. The van der Waals surface area contributed by atoms with Crippen LogP contribution in [0.25, 0.3) is 0 Å². The summed E-state index contributed by atoms with van der Waals surface area (Å²) in [5, 5.41) is 17.2. The van der Waals surface area contributed by atoms with Crippen molar-refractivity contribution in [1.82, 2.24) is 5.32 Å². The summed E-state index contributed by atoms with van der Waals surface area (Å²) < 4.78 is 29.3. The second-order valence-corrected chi connectivity index (χ2v) is 13.6. The van der Waals surface area contributed by atoms with Gasteiger partial charge in [-0.15, -0.1) is 0 Å². The van der Waals surface area contributed by atoms with Crippen molar-refractivity contribution >= 4 is 34.9 Å². The topological polar surface area (TPSA) is 61.4 Å². The lowest BCUT2D eigenvalue weighted by Crippen LogP contribution is -2.43. The van der Waals surface area contributed by atoms with E-state index in [9.17, 15) is 18.7 Å². The number of phenols is 1. The van der Waals surface area contributed by atoms with Crippen molar-refractivity contribution in [3.63, 3.8) is 0 Å². The third kappa shape index (κ3) is 7.46. The third-order valence-electron chi connectivity index (χ3n) is 6.91. The maximum absolute atomic E-state index is 15.0. The van der Waals surface area contributed by atoms with Gasteiger partial charge in [0, 0.05) is 6.07 Å². The molecule has 0 unspecified atom stereocenters. The van der Waals surface area contributed by atoms with Crippen molar-refractivity contribution < 1.29 is 18.7 Å². The van der Waals surface area contributed by atoms with Crippen molar-refractivity contribution in [3.8, 4) is 5.75 Å². The number of rotatable bonds is 6. The van der Waals surface area contributed by atoms with E-state index in [-0.39, 0.29) is 28.7 Å². The summed E-state index contributed by atoms with van der Waals surface area (Å²) in [7, 11) is 0. The maximum atomic E-state index is 15.0. The molecule has 3 aromatic rings. The first-order valence-electron chi connectivity index (χ1n) is 13.2. The molecule has 0 radical (unpaired) electrons. The van der Waals surface area contributed by atoms with Gasteiger partial charge in [-0.3, -0.25) is 0 Å². The number of halogens is 4. The van der Waals surface area contributed by atoms with Gasteiger partial charge in [0.15, 0.2) is 0 Å². The van der Waals surface area contributed by atoms with Crippen LogP contribution in [-0.2, 0) is 29.2 Å². The molecule has 0 aliphatic carbocycles. The van der Waals surface area contributed by atoms with Gasteiger partial charge in [-0.25, -0.2) is 13.6 Å². The lowest BCUT2D eigenvalue weighted by molar-refractivity contribution is 0.241. The summed E-state index contributed by atoms with van der Waals surface area (Å²) in [5.74, 6) is -1.33. The van der Waals surface area contributed by atoms with Crippen LogP contribution in [0, 0.1) is 11.6 Å². The number of phenolic OH excluding ortho intramolecular Hbond substituents is 1. The number of aromatic hydroxyl groups is 1. The second-order valence-electron chi connectivity index (χ2n) is 12.8. The van der Waals surface area contributed by atoms with Gasteiger partial charge < -0.3 is 15.7 Å². The number of benzene rings is 3. The molecule has 0 fully saturated rings. The summed E-state index contributed by atoms with van der Waals surface area (Å²) >= 11 is 12.2. The van der Waals surface area contributed by atoms with E-state index in [0.717, 1.165) is 22.8 Å². The van der Waals surface area contributed by atoms with Crippen LogP contribution < -0.4 is 10.6 Å².